The van der Waals surface area contributed by atoms with Crippen molar-refractivity contribution in [3.63, 3.8) is 0 Å². The molecule has 4 atom stereocenters. The van der Waals surface area contributed by atoms with Crippen molar-refractivity contribution >= 4 is 29.8 Å². The first-order valence-electron chi connectivity index (χ1n) is 25.0. The van der Waals surface area contributed by atoms with Crippen molar-refractivity contribution in [1.82, 2.24) is 5.32 Å². The molecular weight excluding hydrogens is 759 g/mol. The van der Waals surface area contributed by atoms with Gasteiger partial charge in [0, 0.05) is 27.7 Å². The largest absolute Gasteiger partial charge is 0.464 e. The molecule has 0 saturated carbocycles. The van der Waals surface area contributed by atoms with E-state index in [0.717, 1.165) is 44.9 Å². The Bertz CT molecular complexity index is 1070. The summed E-state index contributed by atoms with van der Waals surface area (Å²) in [7, 11) is 0. The Morgan fingerprint density at radius 3 is 1.02 bits per heavy atom. The van der Waals surface area contributed by atoms with Crippen molar-refractivity contribution in [3.8, 4) is 0 Å². The third-order valence-corrected chi connectivity index (χ3v) is 11.4. The minimum atomic E-state index is -1.12. The molecule has 352 valence electrons. The van der Waals surface area contributed by atoms with E-state index in [0.29, 0.717) is 19.3 Å². The fourth-order valence-electron chi connectivity index (χ4n) is 8.03. The Balaban J connectivity index is 4.90. The molecule has 10 nitrogen and oxygen atoms in total. The first-order valence-corrected chi connectivity index (χ1v) is 25.0. The van der Waals surface area contributed by atoms with Crippen molar-refractivity contribution in [2.24, 2.45) is 0 Å². The summed E-state index contributed by atoms with van der Waals surface area (Å²) < 4.78 is 22.2. The number of unbranched alkanes of at least 4 members (excludes halogenated alkanes) is 30. The van der Waals surface area contributed by atoms with E-state index in [1.165, 1.54) is 182 Å². The third kappa shape index (κ3) is 37.1. The molecule has 0 fully saturated rings. The number of carbonyl (C=O) groups excluding carboxylic acids is 5. The summed E-state index contributed by atoms with van der Waals surface area (Å²) in [6.45, 7) is 9.23. The van der Waals surface area contributed by atoms with Gasteiger partial charge in [-0.15, -0.1) is 0 Å². The minimum absolute atomic E-state index is 0.318. The van der Waals surface area contributed by atoms with Crippen LogP contribution < -0.4 is 5.32 Å². The lowest BCUT2D eigenvalue weighted by Crippen LogP contribution is -2.56. The molecule has 0 aromatic carbocycles. The van der Waals surface area contributed by atoms with E-state index in [4.69, 9.17) is 18.9 Å². The number of hydrogen-bond acceptors (Lipinski definition) is 9. The number of nitrogens with one attached hydrogen (secondary N) is 1. The van der Waals surface area contributed by atoms with Crippen LogP contribution in [0.15, 0.2) is 0 Å². The molecule has 0 bridgehead atoms. The predicted octanol–water partition coefficient (Wildman–Crippen LogP) is 13.1. The molecule has 0 rings (SSSR count). The average Bonchev–Trinajstić information content (AvgIpc) is 3.19. The SMILES string of the molecule is CCCCCCCCCCCCCCCCCCCCCC[C@H](OC(C)=O)C(=O)N[C@H](COC(C)=O)[C@H](OC(C)=O)[C@H](CCCCCCCCCCCCCC)OC(C)=O. The van der Waals surface area contributed by atoms with Gasteiger partial charge in [0.05, 0.1) is 0 Å². The van der Waals surface area contributed by atoms with Crippen LogP contribution in [-0.2, 0) is 42.9 Å². The van der Waals surface area contributed by atoms with Gasteiger partial charge in [0.25, 0.3) is 5.91 Å². The van der Waals surface area contributed by atoms with Crippen molar-refractivity contribution < 1.29 is 42.9 Å². The maximum atomic E-state index is 13.7. The van der Waals surface area contributed by atoms with Gasteiger partial charge in [0.15, 0.2) is 12.2 Å². The Morgan fingerprint density at radius 2 is 0.700 bits per heavy atom. The Kier molecular flexibility index (Phi) is 39.8. The van der Waals surface area contributed by atoms with E-state index < -0.39 is 54.1 Å². The molecule has 0 saturated heterocycles. The van der Waals surface area contributed by atoms with E-state index in [-0.39, 0.29) is 6.61 Å². The molecule has 0 heterocycles. The number of hydrogen-bond donors (Lipinski definition) is 1. The van der Waals surface area contributed by atoms with Crippen LogP contribution in [0.1, 0.15) is 260 Å². The van der Waals surface area contributed by atoms with E-state index in [9.17, 15) is 24.0 Å². The molecule has 1 N–H and O–H groups in total. The number of ether oxygens (including phenoxy) is 4. The summed E-state index contributed by atoms with van der Waals surface area (Å²) in [5.41, 5.74) is 0. The van der Waals surface area contributed by atoms with Crippen LogP contribution in [0.4, 0.5) is 0 Å². The predicted molar refractivity (Wildman–Crippen MR) is 244 cm³/mol. The molecule has 0 unspecified atom stereocenters. The van der Waals surface area contributed by atoms with Gasteiger partial charge in [0.1, 0.15) is 18.8 Å². The van der Waals surface area contributed by atoms with Crippen LogP contribution in [0.2, 0.25) is 0 Å². The third-order valence-electron chi connectivity index (χ3n) is 11.4. The number of amides is 1. The maximum Gasteiger partial charge on any atom is 0.303 e. The van der Waals surface area contributed by atoms with Gasteiger partial charge in [-0.2, -0.15) is 0 Å². The highest BCUT2D eigenvalue weighted by Gasteiger charge is 2.38. The normalized spacial score (nSPS) is 13.2. The lowest BCUT2D eigenvalue weighted by atomic mass is 9.98. The van der Waals surface area contributed by atoms with E-state index in [1.54, 1.807) is 0 Å². The summed E-state index contributed by atoms with van der Waals surface area (Å²) in [5, 5.41) is 2.83. The average molecular weight is 852 g/mol. The van der Waals surface area contributed by atoms with Gasteiger partial charge < -0.3 is 24.3 Å². The Morgan fingerprint density at radius 1 is 0.383 bits per heavy atom. The highest BCUT2D eigenvalue weighted by Crippen LogP contribution is 2.21. The summed E-state index contributed by atoms with van der Waals surface area (Å²) in [4.78, 5) is 62.3. The zero-order valence-corrected chi connectivity index (χ0v) is 39.7. The van der Waals surface area contributed by atoms with Crippen LogP contribution in [0.25, 0.3) is 0 Å². The molecule has 0 radical (unpaired) electrons. The zero-order valence-electron chi connectivity index (χ0n) is 39.7. The Labute approximate surface area is 367 Å². The van der Waals surface area contributed by atoms with E-state index in [2.05, 4.69) is 19.2 Å². The molecule has 0 aromatic rings. The fourth-order valence-corrected chi connectivity index (χ4v) is 8.03. The van der Waals surface area contributed by atoms with Crippen LogP contribution >= 0.6 is 0 Å². The van der Waals surface area contributed by atoms with Gasteiger partial charge in [-0.25, -0.2) is 0 Å². The summed E-state index contributed by atoms with van der Waals surface area (Å²) in [6, 6.07) is -1.04. The number of carbonyl (C=O) groups is 5. The highest BCUT2D eigenvalue weighted by molar-refractivity contribution is 5.83. The van der Waals surface area contributed by atoms with Crippen LogP contribution in [0, 0.1) is 0 Å². The minimum Gasteiger partial charge on any atom is -0.464 e. The summed E-state index contributed by atoms with van der Waals surface area (Å²) in [5.74, 6) is -2.92. The second kappa shape index (κ2) is 41.7. The van der Waals surface area contributed by atoms with Gasteiger partial charge in [0.2, 0.25) is 0 Å². The number of rotatable bonds is 43. The quantitative estimate of drug-likeness (QED) is 0.0361. The summed E-state index contributed by atoms with van der Waals surface area (Å²) in [6.07, 6.45) is 37.1. The van der Waals surface area contributed by atoms with Gasteiger partial charge in [-0.1, -0.05) is 206 Å². The van der Waals surface area contributed by atoms with Crippen LogP contribution in [-0.4, -0.2) is 60.7 Å². The van der Waals surface area contributed by atoms with Crippen molar-refractivity contribution in [1.29, 1.82) is 0 Å². The fraction of sp³-hybridized carbons (Fsp3) is 0.900. The molecular formula is C50H93NO9. The van der Waals surface area contributed by atoms with E-state index >= 15 is 0 Å². The molecule has 0 aromatic heterocycles. The first-order chi connectivity index (χ1) is 29.0. The topological polar surface area (TPSA) is 134 Å². The van der Waals surface area contributed by atoms with Crippen LogP contribution in [0.5, 0.6) is 0 Å². The van der Waals surface area contributed by atoms with Crippen molar-refractivity contribution in [3.05, 3.63) is 0 Å². The monoisotopic (exact) mass is 852 g/mol. The van der Waals surface area contributed by atoms with Crippen LogP contribution in [0.3, 0.4) is 0 Å². The molecule has 0 aliphatic carbocycles. The lowest BCUT2D eigenvalue weighted by Gasteiger charge is -2.33. The molecule has 0 aliphatic rings. The second-order valence-corrected chi connectivity index (χ2v) is 17.4. The lowest BCUT2D eigenvalue weighted by molar-refractivity contribution is -0.172. The van der Waals surface area contributed by atoms with E-state index in [1.807, 2.05) is 0 Å². The number of esters is 4. The smallest absolute Gasteiger partial charge is 0.303 e. The molecule has 10 heteroatoms. The zero-order chi connectivity index (χ0) is 44.5. The standard InChI is InChI=1S/C50H93NO9/c1-7-9-11-13-15-17-19-21-22-23-24-25-26-27-28-30-32-34-36-38-40-48(59-44(5)54)50(56)51-46(41-57-42(3)52)49(60-45(6)55)47(58-43(4)53)39-37-35-33-31-29-20-18-16-14-12-10-8-2/h46-49H,7-41H2,1-6H3,(H,51,56)/t46-,47+,48+,49+/m1/s1. The van der Waals surface area contributed by atoms with Gasteiger partial charge >= 0.3 is 23.9 Å². The maximum absolute atomic E-state index is 13.7. The second-order valence-electron chi connectivity index (χ2n) is 17.4. The Hall–Kier alpha value is -2.65. The first kappa shape index (κ1) is 57.3. The van der Waals surface area contributed by atoms with Gasteiger partial charge in [-0.05, 0) is 25.7 Å². The molecule has 1 amide bonds. The van der Waals surface area contributed by atoms with Crippen molar-refractivity contribution in [2.45, 2.75) is 284 Å². The highest BCUT2D eigenvalue weighted by atomic mass is 16.6. The molecule has 0 spiro atoms. The van der Waals surface area contributed by atoms with Crippen molar-refractivity contribution in [2.75, 3.05) is 6.61 Å². The molecule has 0 aliphatic heterocycles. The summed E-state index contributed by atoms with van der Waals surface area (Å²) >= 11 is 0. The van der Waals surface area contributed by atoms with Gasteiger partial charge in [-0.3, -0.25) is 24.0 Å². The molecule has 60 heavy (non-hydrogen) atoms.